The molecular formula is C27H27N7O2. The molecule has 0 atom stereocenters. The summed E-state index contributed by atoms with van der Waals surface area (Å²) in [6.45, 7) is 2.21. The van der Waals surface area contributed by atoms with Crippen molar-refractivity contribution in [2.75, 3.05) is 0 Å². The Morgan fingerprint density at radius 2 is 1.81 bits per heavy atom. The summed E-state index contributed by atoms with van der Waals surface area (Å²) >= 11 is 0. The topological polar surface area (TPSA) is 111 Å². The number of aromatic nitrogens is 7. The van der Waals surface area contributed by atoms with E-state index in [0.29, 0.717) is 18.1 Å². The lowest BCUT2D eigenvalue weighted by Gasteiger charge is -2.19. The van der Waals surface area contributed by atoms with E-state index in [1.54, 1.807) is 0 Å². The first-order valence-corrected chi connectivity index (χ1v) is 12.3. The number of H-pyrrole nitrogens is 1. The molecule has 0 unspecified atom stereocenters. The Hall–Kier alpha value is -4.32. The van der Waals surface area contributed by atoms with Gasteiger partial charge >= 0.3 is 5.69 Å². The lowest BCUT2D eigenvalue weighted by atomic mass is 9.89. The molecule has 0 radical (unpaired) electrons. The minimum atomic E-state index is -0.433. The number of nitrogens with one attached hydrogen (secondary N) is 1. The van der Waals surface area contributed by atoms with Crippen molar-refractivity contribution in [3.63, 3.8) is 0 Å². The van der Waals surface area contributed by atoms with Gasteiger partial charge in [-0.3, -0.25) is 9.36 Å². The lowest BCUT2D eigenvalue weighted by Crippen LogP contribution is -2.34. The number of hydrogen-bond donors (Lipinski definition) is 1. The van der Waals surface area contributed by atoms with Crippen LogP contribution < -0.4 is 5.69 Å². The summed E-state index contributed by atoms with van der Waals surface area (Å²) in [5.41, 5.74) is 3.30. The van der Waals surface area contributed by atoms with E-state index in [1.165, 1.54) is 4.57 Å². The molecule has 9 nitrogen and oxygen atoms in total. The Labute approximate surface area is 208 Å². The Morgan fingerprint density at radius 3 is 2.50 bits per heavy atom. The number of carbonyl (C=O) groups is 1. The molecule has 2 aromatic heterocycles. The third kappa shape index (κ3) is 4.75. The van der Waals surface area contributed by atoms with Crippen molar-refractivity contribution in [1.82, 2.24) is 35.0 Å². The summed E-state index contributed by atoms with van der Waals surface area (Å²) in [5.74, 6) is 6.43. The van der Waals surface area contributed by atoms with E-state index in [1.807, 2.05) is 55.5 Å². The smallest absolute Gasteiger partial charge is 0.272 e. The van der Waals surface area contributed by atoms with E-state index in [0.717, 1.165) is 59.0 Å². The molecule has 1 N–H and O–H groups in total. The molecule has 1 saturated carbocycles. The average molecular weight is 482 g/mol. The molecule has 1 aliphatic carbocycles. The number of rotatable bonds is 5. The van der Waals surface area contributed by atoms with E-state index >= 15 is 0 Å². The fourth-order valence-electron chi connectivity index (χ4n) is 4.64. The molecule has 182 valence electrons. The van der Waals surface area contributed by atoms with Gasteiger partial charge in [0.25, 0.3) is 5.91 Å². The summed E-state index contributed by atoms with van der Waals surface area (Å²) in [4.78, 5) is 26.3. The normalized spacial score (nSPS) is 13.8. The van der Waals surface area contributed by atoms with Crippen LogP contribution >= 0.6 is 0 Å². The molecule has 1 fully saturated rings. The van der Waals surface area contributed by atoms with Crippen LogP contribution in [0.3, 0.4) is 0 Å². The van der Waals surface area contributed by atoms with Crippen molar-refractivity contribution in [1.29, 1.82) is 0 Å². The zero-order chi connectivity index (χ0) is 24.9. The zero-order valence-corrected chi connectivity index (χ0v) is 20.1. The van der Waals surface area contributed by atoms with Crippen LogP contribution in [-0.4, -0.2) is 40.9 Å². The number of nitrogens with zero attached hydrogens (tertiary/aromatic N) is 6. The highest BCUT2D eigenvalue weighted by Gasteiger charge is 2.26. The van der Waals surface area contributed by atoms with Gasteiger partial charge in [-0.1, -0.05) is 80.6 Å². The predicted octanol–water partition coefficient (Wildman–Crippen LogP) is 3.92. The molecule has 1 aliphatic rings. The Morgan fingerprint density at radius 1 is 1.06 bits per heavy atom. The molecule has 2 heterocycles. The molecule has 0 aliphatic heterocycles. The van der Waals surface area contributed by atoms with Gasteiger partial charge in [0.2, 0.25) is 11.6 Å². The van der Waals surface area contributed by atoms with Crippen LogP contribution in [0.5, 0.6) is 0 Å². The molecule has 9 heteroatoms. The van der Waals surface area contributed by atoms with Gasteiger partial charge in [-0.15, -0.1) is 20.0 Å². The van der Waals surface area contributed by atoms with E-state index in [-0.39, 0.29) is 18.4 Å². The minimum Gasteiger partial charge on any atom is -0.272 e. The van der Waals surface area contributed by atoms with Crippen LogP contribution in [0.25, 0.3) is 22.5 Å². The van der Waals surface area contributed by atoms with E-state index in [4.69, 9.17) is 0 Å². The minimum absolute atomic E-state index is 0.148. The number of aromatic amines is 1. The third-order valence-corrected chi connectivity index (χ3v) is 6.52. The summed E-state index contributed by atoms with van der Waals surface area (Å²) < 4.78 is 2.52. The Kier molecular flexibility index (Phi) is 6.85. The summed E-state index contributed by atoms with van der Waals surface area (Å²) in [6, 6.07) is 15.8. The summed E-state index contributed by atoms with van der Waals surface area (Å²) in [6.07, 6.45) is 5.40. The fourth-order valence-corrected chi connectivity index (χ4v) is 4.64. The maximum absolute atomic E-state index is 13.3. The second kappa shape index (κ2) is 10.5. The van der Waals surface area contributed by atoms with E-state index in [2.05, 4.69) is 37.6 Å². The van der Waals surface area contributed by atoms with Crippen molar-refractivity contribution in [3.05, 3.63) is 70.4 Å². The van der Waals surface area contributed by atoms with Crippen LogP contribution in [0.1, 0.15) is 61.6 Å². The van der Waals surface area contributed by atoms with Gasteiger partial charge in [0.15, 0.2) is 0 Å². The number of hydrogen-bond acceptors (Lipinski definition) is 6. The highest BCUT2D eigenvalue weighted by Crippen LogP contribution is 2.30. The van der Waals surface area contributed by atoms with Crippen LogP contribution in [0, 0.1) is 17.8 Å². The molecule has 5 rings (SSSR count). The summed E-state index contributed by atoms with van der Waals surface area (Å²) in [7, 11) is 0. The maximum atomic E-state index is 13.3. The Bertz CT molecular complexity index is 1470. The third-order valence-electron chi connectivity index (χ3n) is 6.52. The zero-order valence-electron chi connectivity index (χ0n) is 20.1. The van der Waals surface area contributed by atoms with Crippen LogP contribution in [-0.2, 0) is 6.54 Å². The van der Waals surface area contributed by atoms with Crippen LogP contribution in [0.2, 0.25) is 0 Å². The highest BCUT2D eigenvalue weighted by molar-refractivity contribution is 5.81. The standard InChI is InChI=1S/C27H27N7O2/c1-2-3-13-24-30-34(26(35)21-9-5-4-6-10-21)27(36)33(24)18-19-14-16-20(17-15-19)22-11-7-8-12-23(22)25-28-31-32-29-25/h7-8,11-12,14-17,21H,2,4-6,9-10,18H2,1H3,(H,28,29,31,32). The highest BCUT2D eigenvalue weighted by atomic mass is 16.2. The largest absolute Gasteiger partial charge is 0.354 e. The molecule has 0 saturated heterocycles. The molecule has 4 aromatic rings. The SMILES string of the molecule is CCC#Cc1nn(C(=O)C2CCCCC2)c(=O)n1Cc1ccc(-c2ccccc2-c2nn[nH]n2)cc1. The second-order valence-corrected chi connectivity index (χ2v) is 8.91. The van der Waals surface area contributed by atoms with Gasteiger partial charge in [0.1, 0.15) is 0 Å². The number of carbonyl (C=O) groups excluding carboxylic acids is 1. The molecule has 2 aromatic carbocycles. The van der Waals surface area contributed by atoms with Gasteiger partial charge in [0, 0.05) is 17.9 Å². The Balaban J connectivity index is 1.44. The average Bonchev–Trinajstić information content (AvgIpc) is 3.57. The molecule has 36 heavy (non-hydrogen) atoms. The van der Waals surface area contributed by atoms with Crippen LogP contribution in [0.15, 0.2) is 53.3 Å². The first kappa shape index (κ1) is 23.4. The number of tetrazole rings is 1. The van der Waals surface area contributed by atoms with Crippen molar-refractivity contribution < 1.29 is 4.79 Å². The van der Waals surface area contributed by atoms with Crippen molar-refractivity contribution in [2.45, 2.75) is 52.0 Å². The van der Waals surface area contributed by atoms with Gasteiger partial charge in [-0.2, -0.15) is 5.21 Å². The molecule has 0 bridgehead atoms. The van der Waals surface area contributed by atoms with Crippen molar-refractivity contribution in [2.24, 2.45) is 5.92 Å². The maximum Gasteiger partial charge on any atom is 0.354 e. The molecular weight excluding hydrogens is 454 g/mol. The van der Waals surface area contributed by atoms with Gasteiger partial charge in [-0.05, 0) is 40.7 Å². The second-order valence-electron chi connectivity index (χ2n) is 8.91. The van der Waals surface area contributed by atoms with Crippen molar-refractivity contribution >= 4 is 5.91 Å². The first-order chi connectivity index (χ1) is 17.7. The van der Waals surface area contributed by atoms with Crippen molar-refractivity contribution in [3.8, 4) is 34.4 Å². The predicted molar refractivity (Wildman–Crippen MR) is 135 cm³/mol. The summed E-state index contributed by atoms with van der Waals surface area (Å²) in [5, 5.41) is 18.7. The quantitative estimate of drug-likeness (QED) is 0.433. The van der Waals surface area contributed by atoms with Crippen LogP contribution in [0.4, 0.5) is 0 Å². The van der Waals surface area contributed by atoms with E-state index in [9.17, 15) is 9.59 Å². The monoisotopic (exact) mass is 481 g/mol. The van der Waals surface area contributed by atoms with Gasteiger partial charge in [0.05, 0.1) is 6.54 Å². The van der Waals surface area contributed by atoms with E-state index < -0.39 is 5.69 Å². The fraction of sp³-hybridized carbons (Fsp3) is 0.333. The molecule has 0 amide bonds. The van der Waals surface area contributed by atoms with Gasteiger partial charge < -0.3 is 0 Å². The lowest BCUT2D eigenvalue weighted by molar-refractivity contribution is 0.0778. The van der Waals surface area contributed by atoms with Gasteiger partial charge in [-0.25, -0.2) is 4.79 Å². The first-order valence-electron chi connectivity index (χ1n) is 12.3. The number of benzene rings is 2. The molecule has 0 spiro atoms.